The van der Waals surface area contributed by atoms with Gasteiger partial charge in [-0.2, -0.15) is 0 Å². The number of amides is 1. The van der Waals surface area contributed by atoms with Crippen LogP contribution < -0.4 is 4.90 Å². The van der Waals surface area contributed by atoms with E-state index < -0.39 is 0 Å². The predicted octanol–water partition coefficient (Wildman–Crippen LogP) is 5.45. The number of halogens is 1. The second-order valence-corrected chi connectivity index (χ2v) is 10.2. The number of carbonyl (C=O) groups excluding carboxylic acids is 1. The predicted molar refractivity (Wildman–Crippen MR) is 124 cm³/mol. The van der Waals surface area contributed by atoms with Crippen molar-refractivity contribution in [1.82, 2.24) is 4.90 Å². The normalized spacial score (nSPS) is 24.5. The van der Waals surface area contributed by atoms with Crippen molar-refractivity contribution in [1.29, 1.82) is 0 Å². The number of aliphatic imine (C=N–C) groups is 1. The fraction of sp³-hybridized carbons (Fsp3) is 0.636. The van der Waals surface area contributed by atoms with Crippen LogP contribution in [0.3, 0.4) is 0 Å². The SMILES string of the molecule is CC(=O)N(c1ccc(C(C)(C)C)cc1)C1C(C)SC(=NC2CCCC2)N1C.Cl. The summed E-state index contributed by atoms with van der Waals surface area (Å²) in [6, 6.07) is 8.91. The van der Waals surface area contributed by atoms with Gasteiger partial charge in [-0.3, -0.25) is 14.7 Å². The van der Waals surface area contributed by atoms with Crippen LogP contribution in [0.2, 0.25) is 0 Å². The number of benzene rings is 1. The Morgan fingerprint density at radius 1 is 1.18 bits per heavy atom. The Morgan fingerprint density at radius 3 is 2.25 bits per heavy atom. The van der Waals surface area contributed by atoms with Crippen molar-refractivity contribution in [3.63, 3.8) is 0 Å². The average molecular weight is 424 g/mol. The third-order valence-electron chi connectivity index (χ3n) is 5.64. The third kappa shape index (κ3) is 4.85. The van der Waals surface area contributed by atoms with E-state index in [2.05, 4.69) is 63.9 Å². The molecule has 4 nitrogen and oxygen atoms in total. The summed E-state index contributed by atoms with van der Waals surface area (Å²) >= 11 is 1.80. The summed E-state index contributed by atoms with van der Waals surface area (Å²) in [6.07, 6.45) is 4.96. The maximum atomic E-state index is 12.6. The number of amidine groups is 1. The molecule has 28 heavy (non-hydrogen) atoms. The highest BCUT2D eigenvalue weighted by atomic mass is 35.5. The summed E-state index contributed by atoms with van der Waals surface area (Å²) in [5.41, 5.74) is 2.34. The van der Waals surface area contributed by atoms with Crippen molar-refractivity contribution in [2.45, 2.75) is 83.2 Å². The van der Waals surface area contributed by atoms with E-state index in [-0.39, 0.29) is 35.1 Å². The molecule has 156 valence electrons. The van der Waals surface area contributed by atoms with Gasteiger partial charge >= 0.3 is 0 Å². The monoisotopic (exact) mass is 423 g/mol. The summed E-state index contributed by atoms with van der Waals surface area (Å²) in [5, 5.41) is 1.36. The lowest BCUT2D eigenvalue weighted by molar-refractivity contribution is -0.117. The third-order valence-corrected chi connectivity index (χ3v) is 6.86. The van der Waals surface area contributed by atoms with Crippen molar-refractivity contribution in [3.8, 4) is 0 Å². The van der Waals surface area contributed by atoms with Gasteiger partial charge in [-0.1, -0.05) is 57.5 Å². The Morgan fingerprint density at radius 2 is 1.75 bits per heavy atom. The van der Waals surface area contributed by atoms with Crippen LogP contribution >= 0.6 is 24.2 Å². The van der Waals surface area contributed by atoms with Crippen LogP contribution in [0.15, 0.2) is 29.3 Å². The van der Waals surface area contributed by atoms with E-state index in [0.717, 1.165) is 10.9 Å². The van der Waals surface area contributed by atoms with E-state index in [9.17, 15) is 4.79 Å². The van der Waals surface area contributed by atoms with Crippen LogP contribution in [0, 0.1) is 0 Å². The molecule has 0 radical (unpaired) electrons. The smallest absolute Gasteiger partial charge is 0.225 e. The van der Waals surface area contributed by atoms with Gasteiger partial charge in [0.1, 0.15) is 6.17 Å². The highest BCUT2D eigenvalue weighted by Gasteiger charge is 2.40. The summed E-state index contributed by atoms with van der Waals surface area (Å²) in [6.45, 7) is 10.5. The summed E-state index contributed by atoms with van der Waals surface area (Å²) < 4.78 is 0. The molecule has 1 saturated carbocycles. The van der Waals surface area contributed by atoms with Gasteiger partial charge < -0.3 is 4.90 Å². The van der Waals surface area contributed by atoms with E-state index in [1.54, 1.807) is 18.7 Å². The Balaban J connectivity index is 0.00000280. The molecule has 3 rings (SSSR count). The van der Waals surface area contributed by atoms with E-state index in [0.29, 0.717) is 6.04 Å². The molecule has 1 saturated heterocycles. The van der Waals surface area contributed by atoms with Gasteiger partial charge in [0, 0.05) is 24.9 Å². The lowest BCUT2D eigenvalue weighted by Crippen LogP contribution is -2.50. The number of hydrogen-bond acceptors (Lipinski definition) is 3. The molecule has 1 aromatic carbocycles. The summed E-state index contributed by atoms with van der Waals surface area (Å²) in [4.78, 5) is 21.7. The lowest BCUT2D eigenvalue weighted by Gasteiger charge is -2.35. The first kappa shape index (κ1) is 23.1. The zero-order valence-electron chi connectivity index (χ0n) is 17.9. The zero-order chi connectivity index (χ0) is 19.8. The van der Waals surface area contributed by atoms with Gasteiger partial charge in [-0.15, -0.1) is 12.4 Å². The molecular formula is C22H34ClN3OS. The Bertz CT molecular complexity index is 707. The molecule has 1 aromatic rings. The topological polar surface area (TPSA) is 35.9 Å². The molecule has 2 aliphatic rings. The number of hydrogen-bond donors (Lipinski definition) is 0. The number of thioether (sulfide) groups is 1. The number of anilines is 1. The largest absolute Gasteiger partial charge is 0.333 e. The molecule has 1 aliphatic heterocycles. The molecule has 1 aliphatic carbocycles. The lowest BCUT2D eigenvalue weighted by atomic mass is 9.87. The Kier molecular flexibility index (Phi) is 7.49. The average Bonchev–Trinajstić information content (AvgIpc) is 3.18. The molecule has 0 aromatic heterocycles. The Hall–Kier alpha value is -1.20. The fourth-order valence-electron chi connectivity index (χ4n) is 4.08. The highest BCUT2D eigenvalue weighted by molar-refractivity contribution is 8.14. The van der Waals surface area contributed by atoms with E-state index in [1.165, 1.54) is 31.2 Å². The van der Waals surface area contributed by atoms with Crippen molar-refractivity contribution in [3.05, 3.63) is 29.8 Å². The first-order chi connectivity index (χ1) is 12.7. The second-order valence-electron chi connectivity index (χ2n) is 8.88. The van der Waals surface area contributed by atoms with E-state index in [4.69, 9.17) is 4.99 Å². The minimum absolute atomic E-state index is 0. The molecule has 2 unspecified atom stereocenters. The van der Waals surface area contributed by atoms with Gasteiger partial charge in [0.2, 0.25) is 5.91 Å². The Labute approximate surface area is 180 Å². The van der Waals surface area contributed by atoms with Gasteiger partial charge in [0.05, 0.1) is 6.04 Å². The van der Waals surface area contributed by atoms with Gasteiger partial charge in [0.25, 0.3) is 0 Å². The van der Waals surface area contributed by atoms with Crippen LogP contribution in [0.5, 0.6) is 0 Å². The quantitative estimate of drug-likeness (QED) is 0.648. The maximum absolute atomic E-state index is 12.6. The molecule has 1 amide bonds. The minimum atomic E-state index is -0.00635. The van der Waals surface area contributed by atoms with Crippen LogP contribution in [0.25, 0.3) is 0 Å². The standard InChI is InChI=1S/C22H33N3OS.ClH/c1-15-20(24(6)21(27-15)23-18-9-7-8-10-18)25(16(2)26)19-13-11-17(12-14-19)22(3,4)5;/h11-15,18,20H,7-10H2,1-6H3;1H. The molecule has 1 heterocycles. The van der Waals surface area contributed by atoms with Crippen LogP contribution in [-0.4, -0.2) is 40.5 Å². The fourth-order valence-corrected chi connectivity index (χ4v) is 5.32. The molecule has 0 N–H and O–H groups in total. The van der Waals surface area contributed by atoms with E-state index in [1.807, 2.05) is 4.90 Å². The first-order valence-electron chi connectivity index (χ1n) is 10.1. The number of nitrogens with zero attached hydrogens (tertiary/aromatic N) is 3. The molecule has 0 bridgehead atoms. The van der Waals surface area contributed by atoms with Crippen LogP contribution in [-0.2, 0) is 10.2 Å². The number of rotatable bonds is 3. The van der Waals surface area contributed by atoms with Crippen molar-refractivity contribution < 1.29 is 4.79 Å². The molecule has 6 heteroatoms. The summed E-state index contributed by atoms with van der Waals surface area (Å²) in [7, 11) is 2.08. The molecule has 2 fully saturated rings. The summed E-state index contributed by atoms with van der Waals surface area (Å²) in [5.74, 6) is 0.0740. The van der Waals surface area contributed by atoms with Gasteiger partial charge in [-0.25, -0.2) is 0 Å². The van der Waals surface area contributed by atoms with Crippen molar-refractivity contribution in [2.75, 3.05) is 11.9 Å². The molecular weight excluding hydrogens is 390 g/mol. The maximum Gasteiger partial charge on any atom is 0.225 e. The minimum Gasteiger partial charge on any atom is -0.333 e. The van der Waals surface area contributed by atoms with Gasteiger partial charge in [0.15, 0.2) is 5.17 Å². The number of carbonyl (C=O) groups is 1. The molecule has 0 spiro atoms. The molecule has 2 atom stereocenters. The van der Waals surface area contributed by atoms with Gasteiger partial charge in [-0.05, 0) is 42.9 Å². The van der Waals surface area contributed by atoms with Crippen molar-refractivity contribution in [2.24, 2.45) is 4.99 Å². The van der Waals surface area contributed by atoms with Crippen LogP contribution in [0.1, 0.15) is 65.9 Å². The van der Waals surface area contributed by atoms with E-state index >= 15 is 0 Å². The van der Waals surface area contributed by atoms with Crippen molar-refractivity contribution >= 4 is 40.9 Å². The highest BCUT2D eigenvalue weighted by Crippen LogP contribution is 2.36. The second kappa shape index (κ2) is 9.08. The van der Waals surface area contributed by atoms with Crippen LogP contribution in [0.4, 0.5) is 5.69 Å². The zero-order valence-corrected chi connectivity index (χ0v) is 19.6. The first-order valence-corrected chi connectivity index (χ1v) is 10.9.